The number of anilines is 1. The number of thiazole rings is 1. The number of aromatic nitrogens is 3. The molecule has 33 heavy (non-hydrogen) atoms. The number of para-hydroxylation sites is 2. The molecule has 8 nitrogen and oxygen atoms in total. The van der Waals surface area contributed by atoms with Crippen LogP contribution in [0.3, 0.4) is 0 Å². The molecule has 1 aliphatic rings. The molecule has 0 bridgehead atoms. The summed E-state index contributed by atoms with van der Waals surface area (Å²) in [6, 6.07) is 15.2. The van der Waals surface area contributed by atoms with Gasteiger partial charge in [0, 0.05) is 16.8 Å². The number of thioether (sulfide) groups is 1. The number of ether oxygens (including phenoxy) is 2. The molecule has 168 valence electrons. The van der Waals surface area contributed by atoms with Crippen LogP contribution in [0.5, 0.6) is 11.5 Å². The fourth-order valence-electron chi connectivity index (χ4n) is 3.16. The highest BCUT2D eigenvalue weighted by Crippen LogP contribution is 2.36. The molecule has 2 aromatic heterocycles. The Kier molecular flexibility index (Phi) is 6.27. The summed E-state index contributed by atoms with van der Waals surface area (Å²) in [6.07, 6.45) is -0.214. The van der Waals surface area contributed by atoms with Crippen LogP contribution in [0, 0.1) is 6.92 Å². The molecule has 0 fully saturated rings. The van der Waals surface area contributed by atoms with E-state index in [2.05, 4.69) is 20.5 Å². The topological polar surface area (TPSA) is 99.4 Å². The highest BCUT2D eigenvalue weighted by atomic mass is 32.2. The molecular weight excluding hydrogens is 460 g/mol. The minimum Gasteiger partial charge on any atom is -0.485 e. The first-order chi connectivity index (χ1) is 16.1. The molecule has 0 spiro atoms. The van der Waals surface area contributed by atoms with Crippen LogP contribution in [0.1, 0.15) is 28.3 Å². The van der Waals surface area contributed by atoms with Crippen molar-refractivity contribution >= 4 is 34.7 Å². The molecule has 1 amide bonds. The van der Waals surface area contributed by atoms with Crippen molar-refractivity contribution in [1.29, 1.82) is 0 Å². The van der Waals surface area contributed by atoms with Crippen molar-refractivity contribution in [2.24, 2.45) is 0 Å². The minimum atomic E-state index is -0.445. The third-order valence-electron chi connectivity index (χ3n) is 4.80. The van der Waals surface area contributed by atoms with Crippen LogP contribution in [0.15, 0.2) is 63.6 Å². The lowest BCUT2D eigenvalue weighted by Gasteiger charge is -2.23. The second-order valence-electron chi connectivity index (χ2n) is 7.38. The largest absolute Gasteiger partial charge is 0.485 e. The number of fused-ring (bicyclic) bond motifs is 1. The Bertz CT molecular complexity index is 1260. The molecule has 1 aliphatic heterocycles. The van der Waals surface area contributed by atoms with E-state index < -0.39 is 6.10 Å². The van der Waals surface area contributed by atoms with Gasteiger partial charge in [0.25, 0.3) is 11.1 Å². The minimum absolute atomic E-state index is 0.0924. The van der Waals surface area contributed by atoms with E-state index in [1.807, 2.05) is 60.8 Å². The lowest BCUT2D eigenvalue weighted by atomic mass is 10.2. The Labute approximate surface area is 198 Å². The van der Waals surface area contributed by atoms with E-state index in [1.54, 1.807) is 0 Å². The smallest absolute Gasteiger partial charge is 0.277 e. The molecule has 1 N–H and O–H groups in total. The first-order valence-corrected chi connectivity index (χ1v) is 12.1. The third-order valence-corrected chi connectivity index (χ3v) is 6.55. The van der Waals surface area contributed by atoms with E-state index in [1.165, 1.54) is 23.1 Å². The summed E-state index contributed by atoms with van der Waals surface area (Å²) < 4.78 is 17.4. The van der Waals surface area contributed by atoms with Gasteiger partial charge in [-0.05, 0) is 31.2 Å². The highest BCUT2D eigenvalue weighted by molar-refractivity contribution is 7.98. The average Bonchev–Trinajstić information content (AvgIpc) is 3.48. The molecule has 10 heteroatoms. The molecule has 1 atom stereocenters. The second-order valence-corrected chi connectivity index (χ2v) is 9.25. The Morgan fingerprint density at radius 1 is 1.15 bits per heavy atom. The number of hydrogen-bond acceptors (Lipinski definition) is 9. The van der Waals surface area contributed by atoms with Gasteiger partial charge in [0.2, 0.25) is 12.0 Å². The van der Waals surface area contributed by atoms with Gasteiger partial charge in [-0.3, -0.25) is 4.79 Å². The number of amides is 1. The van der Waals surface area contributed by atoms with Crippen molar-refractivity contribution in [2.75, 3.05) is 11.9 Å². The van der Waals surface area contributed by atoms with Gasteiger partial charge in [0.05, 0.1) is 12.1 Å². The lowest BCUT2D eigenvalue weighted by molar-refractivity contribution is -0.115. The van der Waals surface area contributed by atoms with Crippen LogP contribution in [0.25, 0.3) is 0 Å². The van der Waals surface area contributed by atoms with Crippen molar-refractivity contribution in [3.8, 4) is 11.5 Å². The van der Waals surface area contributed by atoms with Gasteiger partial charge in [-0.25, -0.2) is 4.98 Å². The summed E-state index contributed by atoms with van der Waals surface area (Å²) in [6.45, 7) is 2.32. The van der Waals surface area contributed by atoms with E-state index in [0.29, 0.717) is 35.0 Å². The van der Waals surface area contributed by atoms with E-state index in [0.717, 1.165) is 22.0 Å². The lowest BCUT2D eigenvalue weighted by Crippen LogP contribution is -2.21. The zero-order chi connectivity index (χ0) is 22.6. The summed E-state index contributed by atoms with van der Waals surface area (Å²) >= 11 is 2.85. The average molecular weight is 481 g/mol. The summed E-state index contributed by atoms with van der Waals surface area (Å²) in [4.78, 5) is 16.8. The van der Waals surface area contributed by atoms with Gasteiger partial charge in [-0.2, -0.15) is 0 Å². The van der Waals surface area contributed by atoms with Crippen molar-refractivity contribution in [2.45, 2.75) is 30.4 Å². The van der Waals surface area contributed by atoms with E-state index in [4.69, 9.17) is 13.9 Å². The van der Waals surface area contributed by atoms with E-state index >= 15 is 0 Å². The maximum atomic E-state index is 12.3. The third kappa shape index (κ3) is 5.35. The predicted molar refractivity (Wildman–Crippen MR) is 125 cm³/mol. The Hall–Kier alpha value is -3.37. The van der Waals surface area contributed by atoms with Crippen molar-refractivity contribution < 1.29 is 18.7 Å². The highest BCUT2D eigenvalue weighted by Gasteiger charge is 2.27. The van der Waals surface area contributed by atoms with Crippen molar-refractivity contribution in [3.05, 3.63) is 76.1 Å². The Morgan fingerprint density at radius 3 is 2.82 bits per heavy atom. The number of nitrogens with one attached hydrogen (secondary N) is 1. The first kappa shape index (κ1) is 21.5. The van der Waals surface area contributed by atoms with Gasteiger partial charge in [-0.15, -0.1) is 21.5 Å². The standard InChI is InChI=1S/C23H20N4O4S2/c1-14-6-8-15(9-7-14)24-20(28)10-21-25-16(12-32-21)13-33-23-27-26-22(31-23)19-11-29-17-4-2-3-5-18(17)30-19/h2-9,12,19H,10-11,13H2,1H3,(H,24,28). The van der Waals surface area contributed by atoms with Gasteiger partial charge in [0.1, 0.15) is 11.6 Å². The Balaban J connectivity index is 1.13. The predicted octanol–water partition coefficient (Wildman–Crippen LogP) is 4.82. The maximum Gasteiger partial charge on any atom is 0.277 e. The second kappa shape index (κ2) is 9.63. The van der Waals surface area contributed by atoms with Crippen molar-refractivity contribution in [3.63, 3.8) is 0 Å². The first-order valence-electron chi connectivity index (χ1n) is 10.3. The molecule has 2 aromatic carbocycles. The molecule has 1 unspecified atom stereocenters. The van der Waals surface area contributed by atoms with Crippen LogP contribution in [-0.4, -0.2) is 27.7 Å². The van der Waals surface area contributed by atoms with E-state index in [-0.39, 0.29) is 12.3 Å². The zero-order valence-corrected chi connectivity index (χ0v) is 19.3. The summed E-state index contributed by atoms with van der Waals surface area (Å²) in [7, 11) is 0. The number of benzene rings is 2. The molecule has 0 saturated heterocycles. The quantitative estimate of drug-likeness (QED) is 0.376. The monoisotopic (exact) mass is 480 g/mol. The van der Waals surface area contributed by atoms with Crippen LogP contribution >= 0.6 is 23.1 Å². The number of nitrogens with zero attached hydrogens (tertiary/aromatic N) is 3. The molecule has 0 radical (unpaired) electrons. The van der Waals surface area contributed by atoms with Crippen LogP contribution in [0.2, 0.25) is 0 Å². The number of aryl methyl sites for hydroxylation is 1. The summed E-state index contributed by atoms with van der Waals surface area (Å²) in [5, 5.41) is 14.2. The molecular formula is C23H20N4O4S2. The number of rotatable bonds is 7. The number of carbonyl (C=O) groups excluding carboxylic acids is 1. The molecule has 5 rings (SSSR count). The van der Waals surface area contributed by atoms with Gasteiger partial charge < -0.3 is 19.2 Å². The molecule has 4 aromatic rings. The zero-order valence-electron chi connectivity index (χ0n) is 17.7. The maximum absolute atomic E-state index is 12.3. The van der Waals surface area contributed by atoms with Crippen LogP contribution in [0.4, 0.5) is 5.69 Å². The fraction of sp³-hybridized carbons (Fsp3) is 0.217. The van der Waals surface area contributed by atoms with Gasteiger partial charge >= 0.3 is 0 Å². The number of carbonyl (C=O) groups is 1. The molecule has 3 heterocycles. The van der Waals surface area contributed by atoms with Gasteiger partial charge in [0.15, 0.2) is 11.5 Å². The normalized spacial score (nSPS) is 14.8. The van der Waals surface area contributed by atoms with E-state index in [9.17, 15) is 4.79 Å². The summed E-state index contributed by atoms with van der Waals surface area (Å²) in [5.41, 5.74) is 2.78. The number of hydrogen-bond donors (Lipinski definition) is 1. The van der Waals surface area contributed by atoms with Crippen LogP contribution < -0.4 is 14.8 Å². The molecule has 0 aliphatic carbocycles. The van der Waals surface area contributed by atoms with Crippen molar-refractivity contribution in [1.82, 2.24) is 15.2 Å². The fourth-order valence-corrected chi connectivity index (χ4v) is 4.72. The Morgan fingerprint density at radius 2 is 1.97 bits per heavy atom. The van der Waals surface area contributed by atoms with Crippen LogP contribution in [-0.2, 0) is 17.0 Å². The molecule has 0 saturated carbocycles. The SMILES string of the molecule is Cc1ccc(NC(=O)Cc2nc(CSc3nnc(C4COc5ccccc5O4)o3)cs2)cc1. The summed E-state index contributed by atoms with van der Waals surface area (Å²) in [5.74, 6) is 2.20. The van der Waals surface area contributed by atoms with Gasteiger partial charge in [-0.1, -0.05) is 41.6 Å².